The number of likely N-dealkylation sites (tertiary alicyclic amines) is 1. The van der Waals surface area contributed by atoms with E-state index in [4.69, 9.17) is 10.2 Å². The summed E-state index contributed by atoms with van der Waals surface area (Å²) >= 11 is 0. The molecule has 2 atom stereocenters. The number of carboxylic acid groups (broad SMARTS) is 2. The van der Waals surface area contributed by atoms with Crippen LogP contribution in [0.15, 0.2) is 0 Å². The maximum Gasteiger partial charge on any atom is 0.326 e. The fraction of sp³-hybridized carbons (Fsp3) is 0.750. The summed E-state index contributed by atoms with van der Waals surface area (Å²) in [4.78, 5) is 34.8. The van der Waals surface area contributed by atoms with Crippen molar-refractivity contribution < 1.29 is 29.7 Å². The first-order valence-electron chi connectivity index (χ1n) is 6.44. The standard InChI is InChI=1S/C12H20N2O6/c1-12(20)3-2-5-14(6-4-12)11(19)13-8(10(17)18)7-9(15)16/h8,20H,2-7H2,1H3,(H,13,19)(H,15,16)(H,17,18)/t8-,12?/m0/s1. The molecule has 0 aromatic rings. The van der Waals surface area contributed by atoms with Gasteiger partial charge in [-0.1, -0.05) is 0 Å². The normalized spacial score (nSPS) is 24.6. The van der Waals surface area contributed by atoms with Crippen LogP contribution in [-0.4, -0.2) is 62.9 Å². The zero-order chi connectivity index (χ0) is 15.3. The number of carbonyl (C=O) groups is 3. The quantitative estimate of drug-likeness (QED) is 0.570. The third-order valence-corrected chi connectivity index (χ3v) is 3.33. The van der Waals surface area contributed by atoms with Crippen molar-refractivity contribution in [2.24, 2.45) is 0 Å². The molecule has 8 heteroatoms. The lowest BCUT2D eigenvalue weighted by Crippen LogP contribution is -2.49. The van der Waals surface area contributed by atoms with Gasteiger partial charge < -0.3 is 25.5 Å². The fourth-order valence-electron chi connectivity index (χ4n) is 2.08. The van der Waals surface area contributed by atoms with Gasteiger partial charge in [0.15, 0.2) is 0 Å². The van der Waals surface area contributed by atoms with Gasteiger partial charge >= 0.3 is 18.0 Å². The molecule has 0 aromatic carbocycles. The average Bonchev–Trinajstić information content (AvgIpc) is 2.48. The molecule has 1 rings (SSSR count). The molecular weight excluding hydrogens is 268 g/mol. The van der Waals surface area contributed by atoms with Crippen molar-refractivity contribution in [2.45, 2.75) is 44.2 Å². The first-order valence-corrected chi connectivity index (χ1v) is 6.44. The summed E-state index contributed by atoms with van der Waals surface area (Å²) in [5.74, 6) is -2.68. The minimum Gasteiger partial charge on any atom is -0.481 e. The first kappa shape index (κ1) is 16.2. The molecule has 0 bridgehead atoms. The second kappa shape index (κ2) is 6.56. The number of aliphatic hydroxyl groups is 1. The molecule has 20 heavy (non-hydrogen) atoms. The lowest BCUT2D eigenvalue weighted by molar-refractivity contribution is -0.145. The summed E-state index contributed by atoms with van der Waals surface area (Å²) in [6.07, 6.45) is 0.898. The maximum absolute atomic E-state index is 11.9. The molecule has 1 saturated heterocycles. The van der Waals surface area contributed by atoms with E-state index in [2.05, 4.69) is 5.32 Å². The van der Waals surface area contributed by atoms with Crippen LogP contribution in [0.3, 0.4) is 0 Å². The van der Waals surface area contributed by atoms with Gasteiger partial charge in [0.25, 0.3) is 0 Å². The van der Waals surface area contributed by atoms with Gasteiger partial charge in [0.2, 0.25) is 0 Å². The number of hydrogen-bond acceptors (Lipinski definition) is 4. The van der Waals surface area contributed by atoms with Gasteiger partial charge in [0.05, 0.1) is 12.0 Å². The van der Waals surface area contributed by atoms with E-state index in [1.54, 1.807) is 6.92 Å². The number of amides is 2. The molecule has 0 aliphatic carbocycles. The Morgan fingerprint density at radius 3 is 2.45 bits per heavy atom. The molecule has 4 N–H and O–H groups in total. The Kier molecular flexibility index (Phi) is 5.32. The van der Waals surface area contributed by atoms with Crippen LogP contribution < -0.4 is 5.32 Å². The van der Waals surface area contributed by atoms with E-state index in [1.165, 1.54) is 4.90 Å². The van der Waals surface area contributed by atoms with E-state index in [-0.39, 0.29) is 0 Å². The molecule has 1 aliphatic rings. The summed E-state index contributed by atoms with van der Waals surface area (Å²) in [6.45, 7) is 2.40. The number of carboxylic acids is 2. The van der Waals surface area contributed by atoms with Crippen molar-refractivity contribution in [3.05, 3.63) is 0 Å². The van der Waals surface area contributed by atoms with Crippen LogP contribution in [0.1, 0.15) is 32.6 Å². The van der Waals surface area contributed by atoms with Gasteiger partial charge in [-0.2, -0.15) is 0 Å². The van der Waals surface area contributed by atoms with E-state index < -0.39 is 36.0 Å². The molecule has 2 amide bonds. The molecule has 1 heterocycles. The molecular formula is C12H20N2O6. The molecule has 0 spiro atoms. The highest BCUT2D eigenvalue weighted by Gasteiger charge is 2.29. The first-order chi connectivity index (χ1) is 9.21. The molecule has 0 aromatic heterocycles. The lowest BCUT2D eigenvalue weighted by Gasteiger charge is -2.24. The number of nitrogens with one attached hydrogen (secondary N) is 1. The van der Waals surface area contributed by atoms with Gasteiger partial charge in [-0.25, -0.2) is 9.59 Å². The van der Waals surface area contributed by atoms with Crippen LogP contribution in [0.2, 0.25) is 0 Å². The summed E-state index contributed by atoms with van der Waals surface area (Å²) in [5, 5.41) is 29.6. The van der Waals surface area contributed by atoms with E-state index in [9.17, 15) is 19.5 Å². The Hall–Kier alpha value is -1.83. The smallest absolute Gasteiger partial charge is 0.326 e. The van der Waals surface area contributed by atoms with E-state index in [1.807, 2.05) is 0 Å². The highest BCUT2D eigenvalue weighted by Crippen LogP contribution is 2.21. The Labute approximate surface area is 116 Å². The van der Waals surface area contributed by atoms with Crippen molar-refractivity contribution in [3.8, 4) is 0 Å². The highest BCUT2D eigenvalue weighted by molar-refractivity contribution is 5.86. The molecule has 1 fully saturated rings. The Bertz CT molecular complexity index is 395. The Morgan fingerprint density at radius 1 is 1.25 bits per heavy atom. The van der Waals surface area contributed by atoms with Crippen LogP contribution in [0.25, 0.3) is 0 Å². The highest BCUT2D eigenvalue weighted by atomic mass is 16.4. The zero-order valence-electron chi connectivity index (χ0n) is 11.3. The van der Waals surface area contributed by atoms with Crippen molar-refractivity contribution >= 4 is 18.0 Å². The van der Waals surface area contributed by atoms with Crippen LogP contribution in [0.5, 0.6) is 0 Å². The monoisotopic (exact) mass is 288 g/mol. The SMILES string of the molecule is CC1(O)CCCN(C(=O)N[C@@H](CC(=O)O)C(=O)O)CC1. The van der Waals surface area contributed by atoms with E-state index in [0.717, 1.165) is 0 Å². The topological polar surface area (TPSA) is 127 Å². The predicted molar refractivity (Wildman–Crippen MR) is 68.3 cm³/mol. The summed E-state index contributed by atoms with van der Waals surface area (Å²) in [7, 11) is 0. The Balaban J connectivity index is 2.60. The number of urea groups is 1. The largest absolute Gasteiger partial charge is 0.481 e. The second-order valence-corrected chi connectivity index (χ2v) is 5.28. The van der Waals surface area contributed by atoms with Crippen molar-refractivity contribution in [2.75, 3.05) is 13.1 Å². The number of rotatable bonds is 4. The van der Waals surface area contributed by atoms with Gasteiger partial charge in [-0.15, -0.1) is 0 Å². The minimum atomic E-state index is -1.45. The second-order valence-electron chi connectivity index (χ2n) is 5.28. The van der Waals surface area contributed by atoms with Crippen molar-refractivity contribution in [1.82, 2.24) is 10.2 Å². The maximum atomic E-state index is 11.9. The van der Waals surface area contributed by atoms with E-state index >= 15 is 0 Å². The average molecular weight is 288 g/mol. The summed E-state index contributed by atoms with van der Waals surface area (Å²) < 4.78 is 0. The van der Waals surface area contributed by atoms with Gasteiger partial charge in [0.1, 0.15) is 6.04 Å². The van der Waals surface area contributed by atoms with Gasteiger partial charge in [-0.05, 0) is 26.2 Å². The van der Waals surface area contributed by atoms with Crippen LogP contribution in [-0.2, 0) is 9.59 Å². The Morgan fingerprint density at radius 2 is 1.90 bits per heavy atom. The summed E-state index contributed by atoms with van der Waals surface area (Å²) in [5.41, 5.74) is -0.831. The van der Waals surface area contributed by atoms with Crippen LogP contribution >= 0.6 is 0 Å². The fourth-order valence-corrected chi connectivity index (χ4v) is 2.08. The molecule has 0 radical (unpaired) electrons. The summed E-state index contributed by atoms with van der Waals surface area (Å²) in [6, 6.07) is -2.07. The number of nitrogens with zero attached hydrogens (tertiary/aromatic N) is 1. The van der Waals surface area contributed by atoms with Crippen LogP contribution in [0.4, 0.5) is 4.79 Å². The number of aliphatic carboxylic acids is 2. The molecule has 0 saturated carbocycles. The molecule has 1 aliphatic heterocycles. The van der Waals surface area contributed by atoms with Crippen molar-refractivity contribution in [1.29, 1.82) is 0 Å². The van der Waals surface area contributed by atoms with Crippen molar-refractivity contribution in [3.63, 3.8) is 0 Å². The lowest BCUT2D eigenvalue weighted by atomic mass is 9.98. The zero-order valence-corrected chi connectivity index (χ0v) is 11.3. The molecule has 114 valence electrons. The number of carbonyl (C=O) groups excluding carboxylic acids is 1. The minimum absolute atomic E-state index is 0.304. The van der Waals surface area contributed by atoms with E-state index in [0.29, 0.717) is 32.4 Å². The van der Waals surface area contributed by atoms with Crippen LogP contribution in [0, 0.1) is 0 Å². The molecule has 8 nitrogen and oxygen atoms in total. The van der Waals surface area contributed by atoms with Gasteiger partial charge in [0, 0.05) is 13.1 Å². The predicted octanol–water partition coefficient (Wildman–Crippen LogP) is -0.139. The number of hydrogen-bond donors (Lipinski definition) is 4. The third-order valence-electron chi connectivity index (χ3n) is 3.33. The molecule has 1 unspecified atom stereocenters. The third kappa shape index (κ3) is 5.04. The van der Waals surface area contributed by atoms with Gasteiger partial charge in [-0.3, -0.25) is 4.79 Å².